The summed E-state index contributed by atoms with van der Waals surface area (Å²) < 4.78 is 5.15. The number of esters is 1. The minimum absolute atomic E-state index is 0.159. The summed E-state index contributed by atoms with van der Waals surface area (Å²) in [6, 6.07) is 4.97. The molecule has 0 fully saturated rings. The third kappa shape index (κ3) is 6.04. The van der Waals surface area contributed by atoms with E-state index in [0.717, 1.165) is 11.3 Å². The minimum Gasteiger partial charge on any atom is -0.462 e. The van der Waals surface area contributed by atoms with Crippen molar-refractivity contribution in [1.29, 1.82) is 0 Å². The Labute approximate surface area is 169 Å². The summed E-state index contributed by atoms with van der Waals surface area (Å²) >= 11 is 7.18. The van der Waals surface area contributed by atoms with E-state index in [4.69, 9.17) is 16.3 Å². The van der Waals surface area contributed by atoms with Gasteiger partial charge < -0.3 is 10.1 Å². The highest BCUT2D eigenvalue weighted by Crippen LogP contribution is 2.38. The van der Waals surface area contributed by atoms with Gasteiger partial charge in [-0.2, -0.15) is 0 Å². The molecule has 1 atom stereocenters. The van der Waals surface area contributed by atoms with Crippen LogP contribution >= 0.6 is 22.9 Å². The number of aromatic nitrogens is 1. The quantitative estimate of drug-likeness (QED) is 0.487. The van der Waals surface area contributed by atoms with Crippen molar-refractivity contribution in [2.45, 2.75) is 47.0 Å². The highest BCUT2D eigenvalue weighted by atomic mass is 35.5. The standard InChI is InChI=1S/C20H25ClN2O3S/c1-6-26-19(25)14-9-15(12(2)10-20(3,4)5)27-18(14)23-17(24)13-7-8-16(21)22-11-13/h7-9,11-12H,6,10H2,1-5H3,(H,23,24)/t12-/m1/s1. The van der Waals surface area contributed by atoms with E-state index in [1.54, 1.807) is 19.1 Å². The van der Waals surface area contributed by atoms with E-state index in [0.29, 0.717) is 21.3 Å². The molecule has 0 radical (unpaired) electrons. The first-order valence-electron chi connectivity index (χ1n) is 8.84. The number of halogens is 1. The lowest BCUT2D eigenvalue weighted by atomic mass is 9.85. The third-order valence-electron chi connectivity index (χ3n) is 3.87. The van der Waals surface area contributed by atoms with E-state index in [-0.39, 0.29) is 23.8 Å². The Morgan fingerprint density at radius 3 is 2.59 bits per heavy atom. The molecule has 1 amide bonds. The van der Waals surface area contributed by atoms with Gasteiger partial charge in [0.25, 0.3) is 5.91 Å². The SMILES string of the molecule is CCOC(=O)c1cc([C@H](C)CC(C)(C)C)sc1NC(=O)c1ccc(Cl)nc1. The molecule has 0 bridgehead atoms. The van der Waals surface area contributed by atoms with Gasteiger partial charge in [-0.05, 0) is 42.9 Å². The number of nitrogens with one attached hydrogen (secondary N) is 1. The van der Waals surface area contributed by atoms with Crippen LogP contribution in [-0.2, 0) is 4.74 Å². The number of carbonyl (C=O) groups excluding carboxylic acids is 2. The topological polar surface area (TPSA) is 68.3 Å². The number of pyridine rings is 1. The molecule has 0 aliphatic rings. The summed E-state index contributed by atoms with van der Waals surface area (Å²) in [7, 11) is 0. The van der Waals surface area contributed by atoms with Gasteiger partial charge in [0.1, 0.15) is 10.2 Å². The van der Waals surface area contributed by atoms with Crippen molar-refractivity contribution < 1.29 is 14.3 Å². The largest absolute Gasteiger partial charge is 0.462 e. The number of rotatable bonds is 6. The highest BCUT2D eigenvalue weighted by Gasteiger charge is 2.24. The third-order valence-corrected chi connectivity index (χ3v) is 5.37. The van der Waals surface area contributed by atoms with Crippen molar-refractivity contribution in [3.63, 3.8) is 0 Å². The van der Waals surface area contributed by atoms with Gasteiger partial charge in [0, 0.05) is 11.1 Å². The second kappa shape index (κ2) is 8.85. The molecule has 0 aliphatic heterocycles. The Bertz CT molecular complexity index is 810. The zero-order chi connectivity index (χ0) is 20.2. The molecule has 0 aliphatic carbocycles. The highest BCUT2D eigenvalue weighted by molar-refractivity contribution is 7.16. The Balaban J connectivity index is 2.30. The lowest BCUT2D eigenvalue weighted by molar-refractivity contribution is 0.0528. The van der Waals surface area contributed by atoms with Gasteiger partial charge >= 0.3 is 5.97 Å². The summed E-state index contributed by atoms with van der Waals surface area (Å²) in [6.07, 6.45) is 2.36. The molecule has 7 heteroatoms. The Hall–Kier alpha value is -1.92. The zero-order valence-corrected chi connectivity index (χ0v) is 17.8. The molecule has 0 saturated heterocycles. The molecule has 0 unspecified atom stereocenters. The van der Waals surface area contributed by atoms with Crippen LogP contribution < -0.4 is 5.32 Å². The summed E-state index contributed by atoms with van der Waals surface area (Å²) in [5.41, 5.74) is 0.908. The fraction of sp³-hybridized carbons (Fsp3) is 0.450. The molecule has 0 saturated carbocycles. The second-order valence-electron chi connectivity index (χ2n) is 7.60. The molecular formula is C20H25ClN2O3S. The van der Waals surface area contributed by atoms with Gasteiger partial charge in [-0.3, -0.25) is 4.79 Å². The number of anilines is 1. The van der Waals surface area contributed by atoms with Crippen LogP contribution in [0.15, 0.2) is 24.4 Å². The van der Waals surface area contributed by atoms with Crippen molar-refractivity contribution in [1.82, 2.24) is 4.98 Å². The van der Waals surface area contributed by atoms with Gasteiger partial charge in [0.15, 0.2) is 0 Å². The molecule has 5 nitrogen and oxygen atoms in total. The van der Waals surface area contributed by atoms with E-state index < -0.39 is 5.97 Å². The van der Waals surface area contributed by atoms with Crippen molar-refractivity contribution in [3.8, 4) is 0 Å². The zero-order valence-electron chi connectivity index (χ0n) is 16.3. The van der Waals surface area contributed by atoms with Crippen LogP contribution in [0, 0.1) is 5.41 Å². The average molecular weight is 409 g/mol. The normalized spacial score (nSPS) is 12.5. The summed E-state index contributed by atoms with van der Waals surface area (Å²) in [4.78, 5) is 29.8. The number of hydrogen-bond donors (Lipinski definition) is 1. The van der Waals surface area contributed by atoms with Gasteiger partial charge in [-0.1, -0.05) is 39.3 Å². The molecule has 27 heavy (non-hydrogen) atoms. The van der Waals surface area contributed by atoms with Crippen LogP contribution in [0.4, 0.5) is 5.00 Å². The van der Waals surface area contributed by atoms with Crippen LogP contribution in [0.3, 0.4) is 0 Å². The van der Waals surface area contributed by atoms with Crippen molar-refractivity contribution in [2.75, 3.05) is 11.9 Å². The predicted octanol–water partition coefficient (Wildman–Crippen LogP) is 5.77. The average Bonchev–Trinajstić information content (AvgIpc) is 2.98. The molecule has 0 aromatic carbocycles. The van der Waals surface area contributed by atoms with Gasteiger partial charge in [-0.25, -0.2) is 9.78 Å². The van der Waals surface area contributed by atoms with E-state index in [2.05, 4.69) is 38.0 Å². The van der Waals surface area contributed by atoms with Crippen LogP contribution in [0.2, 0.25) is 5.15 Å². The monoisotopic (exact) mass is 408 g/mol. The fourth-order valence-electron chi connectivity index (χ4n) is 2.81. The molecule has 2 rings (SSSR count). The van der Waals surface area contributed by atoms with Crippen molar-refractivity contribution in [3.05, 3.63) is 45.6 Å². The maximum Gasteiger partial charge on any atom is 0.341 e. The van der Waals surface area contributed by atoms with E-state index in [1.807, 2.05) is 6.07 Å². The van der Waals surface area contributed by atoms with Gasteiger partial charge in [0.2, 0.25) is 0 Å². The van der Waals surface area contributed by atoms with Gasteiger partial charge in [-0.15, -0.1) is 11.3 Å². The number of ether oxygens (including phenoxy) is 1. The first-order valence-corrected chi connectivity index (χ1v) is 10.0. The fourth-order valence-corrected chi connectivity index (χ4v) is 4.02. The Morgan fingerprint density at radius 2 is 2.04 bits per heavy atom. The Morgan fingerprint density at radius 1 is 1.33 bits per heavy atom. The first-order chi connectivity index (χ1) is 12.6. The molecule has 0 spiro atoms. The van der Waals surface area contributed by atoms with E-state index >= 15 is 0 Å². The number of thiophene rings is 1. The number of carbonyl (C=O) groups is 2. The smallest absolute Gasteiger partial charge is 0.341 e. The maximum absolute atomic E-state index is 12.5. The van der Waals surface area contributed by atoms with Crippen LogP contribution in [-0.4, -0.2) is 23.5 Å². The van der Waals surface area contributed by atoms with E-state index in [1.165, 1.54) is 17.5 Å². The van der Waals surface area contributed by atoms with Crippen molar-refractivity contribution in [2.24, 2.45) is 5.41 Å². The lowest BCUT2D eigenvalue weighted by Gasteiger charge is -2.22. The van der Waals surface area contributed by atoms with E-state index in [9.17, 15) is 9.59 Å². The predicted molar refractivity (Wildman–Crippen MR) is 110 cm³/mol. The summed E-state index contributed by atoms with van der Waals surface area (Å²) in [5.74, 6) is -0.528. The minimum atomic E-state index is -0.438. The van der Waals surface area contributed by atoms with Crippen LogP contribution in [0.1, 0.15) is 72.6 Å². The molecule has 2 heterocycles. The number of nitrogens with zero attached hydrogens (tertiary/aromatic N) is 1. The summed E-state index contributed by atoms with van der Waals surface area (Å²) in [5, 5.41) is 3.62. The molecular weight excluding hydrogens is 384 g/mol. The van der Waals surface area contributed by atoms with Crippen LogP contribution in [0.5, 0.6) is 0 Å². The number of amides is 1. The molecule has 2 aromatic rings. The first kappa shape index (κ1) is 21.4. The summed E-state index contributed by atoms with van der Waals surface area (Å²) in [6.45, 7) is 10.7. The molecule has 2 aromatic heterocycles. The van der Waals surface area contributed by atoms with Crippen LogP contribution in [0.25, 0.3) is 0 Å². The van der Waals surface area contributed by atoms with Gasteiger partial charge in [0.05, 0.1) is 17.7 Å². The Kier molecular flexibility index (Phi) is 7.00. The molecule has 1 N–H and O–H groups in total. The number of hydrogen-bond acceptors (Lipinski definition) is 5. The lowest BCUT2D eigenvalue weighted by Crippen LogP contribution is -2.14. The maximum atomic E-state index is 12.5. The van der Waals surface area contributed by atoms with Crippen molar-refractivity contribution >= 4 is 39.8 Å². The second-order valence-corrected chi connectivity index (χ2v) is 9.07. The molecule has 146 valence electrons.